The first-order valence-electron chi connectivity index (χ1n) is 5.37. The van der Waals surface area contributed by atoms with Gasteiger partial charge in [-0.25, -0.2) is 4.39 Å². The lowest BCUT2D eigenvalue weighted by atomic mass is 9.99. The number of aliphatic hydroxyl groups excluding tert-OH is 1. The van der Waals surface area contributed by atoms with Crippen molar-refractivity contribution in [3.63, 3.8) is 0 Å². The zero-order chi connectivity index (χ0) is 12.4. The second-order valence-electron chi connectivity index (χ2n) is 4.10. The highest BCUT2D eigenvalue weighted by molar-refractivity contribution is 5.44. The molecule has 1 unspecified atom stereocenters. The van der Waals surface area contributed by atoms with Crippen LogP contribution in [0.4, 0.5) is 10.1 Å². The van der Waals surface area contributed by atoms with Crippen molar-refractivity contribution >= 4 is 5.69 Å². The number of halogens is 1. The number of hydrogen-bond donors (Lipinski definition) is 2. The molecule has 0 spiro atoms. The third-order valence-corrected chi connectivity index (χ3v) is 2.67. The molecule has 2 nitrogen and oxygen atoms in total. The van der Waals surface area contributed by atoms with Crippen molar-refractivity contribution in [2.75, 3.05) is 5.73 Å². The van der Waals surface area contributed by atoms with Gasteiger partial charge in [0, 0.05) is 11.3 Å². The predicted molar refractivity (Wildman–Crippen MR) is 66.1 cm³/mol. The summed E-state index contributed by atoms with van der Waals surface area (Å²) in [4.78, 5) is 0. The normalized spacial score (nSPS) is 12.4. The largest absolute Gasteiger partial charge is 0.399 e. The number of anilines is 1. The SMILES string of the molecule is Cc1ccc(F)c(C(O)c2cccc(N)c2)c1. The Bertz CT molecular complexity index is 539. The molecule has 3 N–H and O–H groups in total. The minimum atomic E-state index is -0.988. The van der Waals surface area contributed by atoms with Crippen LogP contribution in [0.3, 0.4) is 0 Å². The molecule has 2 aromatic carbocycles. The summed E-state index contributed by atoms with van der Waals surface area (Å²) < 4.78 is 13.6. The van der Waals surface area contributed by atoms with E-state index in [1.54, 1.807) is 36.4 Å². The smallest absolute Gasteiger partial charge is 0.129 e. The zero-order valence-electron chi connectivity index (χ0n) is 9.52. The first kappa shape index (κ1) is 11.6. The van der Waals surface area contributed by atoms with Gasteiger partial charge < -0.3 is 10.8 Å². The van der Waals surface area contributed by atoms with E-state index in [0.29, 0.717) is 11.3 Å². The molecule has 2 aromatic rings. The lowest BCUT2D eigenvalue weighted by Gasteiger charge is -2.13. The van der Waals surface area contributed by atoms with Gasteiger partial charge in [0.2, 0.25) is 0 Å². The molecule has 0 amide bonds. The molecule has 0 aliphatic rings. The molecule has 2 rings (SSSR count). The standard InChI is InChI=1S/C14H14FNO/c1-9-5-6-13(15)12(7-9)14(17)10-3-2-4-11(16)8-10/h2-8,14,17H,16H2,1H3. The van der Waals surface area contributed by atoms with E-state index in [2.05, 4.69) is 0 Å². The van der Waals surface area contributed by atoms with E-state index in [4.69, 9.17) is 5.73 Å². The molecule has 0 saturated heterocycles. The molecule has 0 aliphatic heterocycles. The number of nitrogen functional groups attached to an aromatic ring is 1. The van der Waals surface area contributed by atoms with E-state index in [1.807, 2.05) is 6.92 Å². The summed E-state index contributed by atoms with van der Waals surface area (Å²) in [6.45, 7) is 1.86. The van der Waals surface area contributed by atoms with Gasteiger partial charge in [0.05, 0.1) is 0 Å². The fourth-order valence-electron chi connectivity index (χ4n) is 1.78. The third-order valence-electron chi connectivity index (χ3n) is 2.67. The lowest BCUT2D eigenvalue weighted by molar-refractivity contribution is 0.215. The van der Waals surface area contributed by atoms with Crippen LogP contribution >= 0.6 is 0 Å². The molecular formula is C14H14FNO. The Morgan fingerprint density at radius 1 is 1.18 bits per heavy atom. The van der Waals surface area contributed by atoms with Crippen molar-refractivity contribution in [2.45, 2.75) is 13.0 Å². The Labute approximate surface area is 99.5 Å². The first-order valence-corrected chi connectivity index (χ1v) is 5.37. The molecular weight excluding hydrogens is 217 g/mol. The van der Waals surface area contributed by atoms with E-state index in [0.717, 1.165) is 5.56 Å². The average Bonchev–Trinajstić information content (AvgIpc) is 2.31. The molecule has 0 saturated carbocycles. The number of aryl methyl sites for hydroxylation is 1. The highest BCUT2D eigenvalue weighted by Gasteiger charge is 2.15. The van der Waals surface area contributed by atoms with Gasteiger partial charge in [-0.15, -0.1) is 0 Å². The molecule has 0 radical (unpaired) electrons. The van der Waals surface area contributed by atoms with Gasteiger partial charge in [-0.05, 0) is 30.7 Å². The minimum Gasteiger partial charge on any atom is -0.399 e. The van der Waals surface area contributed by atoms with E-state index in [1.165, 1.54) is 6.07 Å². The van der Waals surface area contributed by atoms with Crippen LogP contribution in [-0.2, 0) is 0 Å². The summed E-state index contributed by atoms with van der Waals surface area (Å²) in [5.74, 6) is -0.412. The van der Waals surface area contributed by atoms with Crippen LogP contribution in [0.2, 0.25) is 0 Å². The third kappa shape index (κ3) is 2.45. The average molecular weight is 231 g/mol. The Morgan fingerprint density at radius 3 is 2.65 bits per heavy atom. The maximum absolute atomic E-state index is 13.6. The van der Waals surface area contributed by atoms with Crippen LogP contribution in [0.25, 0.3) is 0 Å². The van der Waals surface area contributed by atoms with E-state index in [-0.39, 0.29) is 5.56 Å². The monoisotopic (exact) mass is 231 g/mol. The molecule has 17 heavy (non-hydrogen) atoms. The highest BCUT2D eigenvalue weighted by atomic mass is 19.1. The van der Waals surface area contributed by atoms with Crippen LogP contribution in [0.15, 0.2) is 42.5 Å². The highest BCUT2D eigenvalue weighted by Crippen LogP contribution is 2.26. The molecule has 0 aliphatic carbocycles. The molecule has 0 heterocycles. The zero-order valence-corrected chi connectivity index (χ0v) is 9.52. The molecule has 3 heteroatoms. The quantitative estimate of drug-likeness (QED) is 0.781. The van der Waals surface area contributed by atoms with Gasteiger partial charge in [0.1, 0.15) is 11.9 Å². The number of aliphatic hydroxyl groups is 1. The molecule has 0 fully saturated rings. The molecule has 1 atom stereocenters. The molecule has 0 bridgehead atoms. The molecule has 88 valence electrons. The summed E-state index contributed by atoms with van der Waals surface area (Å²) in [5, 5.41) is 10.1. The fraction of sp³-hybridized carbons (Fsp3) is 0.143. The lowest BCUT2D eigenvalue weighted by Crippen LogP contribution is -2.03. The Morgan fingerprint density at radius 2 is 1.94 bits per heavy atom. The van der Waals surface area contributed by atoms with E-state index in [9.17, 15) is 9.50 Å². The molecule has 0 aromatic heterocycles. The van der Waals surface area contributed by atoms with Crippen molar-refractivity contribution in [2.24, 2.45) is 0 Å². The maximum atomic E-state index is 13.6. The Hall–Kier alpha value is -1.87. The van der Waals surface area contributed by atoms with Crippen molar-refractivity contribution < 1.29 is 9.50 Å². The van der Waals surface area contributed by atoms with Crippen LogP contribution in [0.1, 0.15) is 22.8 Å². The van der Waals surface area contributed by atoms with Crippen molar-refractivity contribution in [3.8, 4) is 0 Å². The van der Waals surface area contributed by atoms with Gasteiger partial charge in [-0.2, -0.15) is 0 Å². The summed E-state index contributed by atoms with van der Waals surface area (Å²) in [7, 11) is 0. The Balaban J connectivity index is 2.43. The van der Waals surface area contributed by atoms with Crippen molar-refractivity contribution in [3.05, 3.63) is 65.0 Å². The maximum Gasteiger partial charge on any atom is 0.129 e. The number of rotatable bonds is 2. The summed E-state index contributed by atoms with van der Waals surface area (Å²) in [5.41, 5.74) is 7.96. The van der Waals surface area contributed by atoms with Gasteiger partial charge in [-0.1, -0.05) is 29.8 Å². The first-order chi connectivity index (χ1) is 8.08. The minimum absolute atomic E-state index is 0.274. The second-order valence-corrected chi connectivity index (χ2v) is 4.10. The van der Waals surface area contributed by atoms with E-state index >= 15 is 0 Å². The summed E-state index contributed by atoms with van der Waals surface area (Å²) in [6.07, 6.45) is -0.988. The summed E-state index contributed by atoms with van der Waals surface area (Å²) in [6, 6.07) is 11.5. The number of nitrogens with two attached hydrogens (primary N) is 1. The van der Waals surface area contributed by atoms with Crippen LogP contribution < -0.4 is 5.73 Å². The number of benzene rings is 2. The van der Waals surface area contributed by atoms with Crippen LogP contribution in [-0.4, -0.2) is 5.11 Å². The van der Waals surface area contributed by atoms with E-state index < -0.39 is 11.9 Å². The second kappa shape index (κ2) is 4.55. The topological polar surface area (TPSA) is 46.2 Å². The van der Waals surface area contributed by atoms with Crippen LogP contribution in [0, 0.1) is 12.7 Å². The van der Waals surface area contributed by atoms with Gasteiger partial charge in [0.15, 0.2) is 0 Å². The van der Waals surface area contributed by atoms with Gasteiger partial charge in [-0.3, -0.25) is 0 Å². The number of hydrogen-bond acceptors (Lipinski definition) is 2. The van der Waals surface area contributed by atoms with Crippen molar-refractivity contribution in [1.29, 1.82) is 0 Å². The van der Waals surface area contributed by atoms with Gasteiger partial charge >= 0.3 is 0 Å². The van der Waals surface area contributed by atoms with Gasteiger partial charge in [0.25, 0.3) is 0 Å². The Kier molecular flexibility index (Phi) is 3.11. The van der Waals surface area contributed by atoms with Crippen molar-refractivity contribution in [1.82, 2.24) is 0 Å². The fourth-order valence-corrected chi connectivity index (χ4v) is 1.78. The summed E-state index contributed by atoms with van der Waals surface area (Å²) >= 11 is 0. The van der Waals surface area contributed by atoms with Crippen LogP contribution in [0.5, 0.6) is 0 Å². The predicted octanol–water partition coefficient (Wildman–Crippen LogP) is 2.80.